The van der Waals surface area contributed by atoms with Crippen LogP contribution in [0.15, 0.2) is 0 Å². The van der Waals surface area contributed by atoms with E-state index in [1.807, 2.05) is 0 Å². The molecule has 2 bridgehead atoms. The molecule has 3 saturated heterocycles. The first kappa shape index (κ1) is 4.80. The number of fused-ring (bicyclic) bond motifs is 3. The Hall–Kier alpha value is -0.0400. The second-order valence-electron chi connectivity index (χ2n) is 2.90. The van der Waals surface area contributed by atoms with Gasteiger partial charge in [-0.1, -0.05) is 0 Å². The van der Waals surface area contributed by atoms with Crippen molar-refractivity contribution in [2.24, 2.45) is 5.92 Å². The largest absolute Gasteiger partial charge is 0.299 e. The molecule has 0 saturated carbocycles. The fourth-order valence-electron chi connectivity index (χ4n) is 1.67. The molecule has 1 heteroatoms. The van der Waals surface area contributed by atoms with E-state index in [-0.39, 0.29) is 0 Å². The highest BCUT2D eigenvalue weighted by molar-refractivity contribution is 4.86. The molecule has 0 unspecified atom stereocenters. The van der Waals surface area contributed by atoms with Crippen LogP contribution in [0.5, 0.6) is 0 Å². The van der Waals surface area contributed by atoms with Gasteiger partial charge in [-0.3, -0.25) is 4.90 Å². The van der Waals surface area contributed by atoms with Crippen LogP contribution in [0.3, 0.4) is 0 Å². The van der Waals surface area contributed by atoms with Crippen molar-refractivity contribution in [3.8, 4) is 0 Å². The third-order valence-corrected chi connectivity index (χ3v) is 2.35. The lowest BCUT2D eigenvalue weighted by atomic mass is 9.89. The van der Waals surface area contributed by atoms with Crippen LogP contribution in [-0.2, 0) is 0 Å². The van der Waals surface area contributed by atoms with Crippen LogP contribution in [0.25, 0.3) is 0 Å². The van der Waals surface area contributed by atoms with E-state index in [4.69, 9.17) is 0 Å². The van der Waals surface area contributed by atoms with Crippen molar-refractivity contribution in [1.82, 2.24) is 4.90 Å². The molecule has 3 aliphatic heterocycles. The smallest absolute Gasteiger partial charge is 0.0254 e. The Morgan fingerprint density at radius 3 is 2.12 bits per heavy atom. The number of piperidine rings is 3. The number of hydrogen-bond acceptors (Lipinski definition) is 1. The van der Waals surface area contributed by atoms with E-state index in [9.17, 15) is 0 Å². The van der Waals surface area contributed by atoms with Gasteiger partial charge in [-0.05, 0) is 38.3 Å². The molecule has 3 aliphatic rings. The molecular formula is C7H12N. The standard InChI is InChI=1S/C7H12N/c1-4-8-5-2-7(1)3-6-8/h4,7H,1-3,5-6H2. The summed E-state index contributed by atoms with van der Waals surface area (Å²) in [5, 5.41) is 0. The normalized spacial score (nSPS) is 45.0. The van der Waals surface area contributed by atoms with Gasteiger partial charge in [0, 0.05) is 6.54 Å². The number of nitrogens with zero attached hydrogens (tertiary/aromatic N) is 1. The van der Waals surface area contributed by atoms with E-state index in [0.29, 0.717) is 0 Å². The van der Waals surface area contributed by atoms with Crippen LogP contribution in [0.1, 0.15) is 19.3 Å². The number of hydrogen-bond donors (Lipinski definition) is 0. The van der Waals surface area contributed by atoms with Gasteiger partial charge < -0.3 is 0 Å². The van der Waals surface area contributed by atoms with Crippen molar-refractivity contribution in [3.05, 3.63) is 6.54 Å². The minimum atomic E-state index is 1.06. The Morgan fingerprint density at radius 1 is 1.25 bits per heavy atom. The van der Waals surface area contributed by atoms with Gasteiger partial charge in [0.05, 0.1) is 0 Å². The highest BCUT2D eigenvalue weighted by atomic mass is 15.1. The lowest BCUT2D eigenvalue weighted by Gasteiger charge is -2.38. The van der Waals surface area contributed by atoms with Crippen LogP contribution >= 0.6 is 0 Å². The van der Waals surface area contributed by atoms with E-state index in [1.165, 1.54) is 32.4 Å². The van der Waals surface area contributed by atoms with Crippen molar-refractivity contribution in [3.63, 3.8) is 0 Å². The molecule has 0 aromatic carbocycles. The van der Waals surface area contributed by atoms with E-state index in [1.54, 1.807) is 0 Å². The molecule has 3 heterocycles. The summed E-state index contributed by atoms with van der Waals surface area (Å²) < 4.78 is 0. The zero-order valence-electron chi connectivity index (χ0n) is 5.14. The Bertz CT molecular complexity index is 59.4. The maximum absolute atomic E-state index is 2.46. The minimum absolute atomic E-state index is 1.06. The predicted molar refractivity (Wildman–Crippen MR) is 33.2 cm³/mol. The van der Waals surface area contributed by atoms with Crippen LogP contribution < -0.4 is 0 Å². The summed E-state index contributed by atoms with van der Waals surface area (Å²) in [4.78, 5) is 2.46. The first-order valence-corrected chi connectivity index (χ1v) is 3.52. The summed E-state index contributed by atoms with van der Waals surface area (Å²) in [5.41, 5.74) is 0. The molecule has 8 heavy (non-hydrogen) atoms. The molecule has 0 N–H and O–H groups in total. The Labute approximate surface area is 50.7 Å². The third-order valence-electron chi connectivity index (χ3n) is 2.35. The van der Waals surface area contributed by atoms with E-state index in [0.717, 1.165) is 5.92 Å². The van der Waals surface area contributed by atoms with E-state index in [2.05, 4.69) is 11.4 Å². The summed E-state index contributed by atoms with van der Waals surface area (Å²) in [6.45, 7) is 5.05. The molecule has 1 radical (unpaired) electrons. The summed E-state index contributed by atoms with van der Waals surface area (Å²) in [6, 6.07) is 0. The van der Waals surface area contributed by atoms with Gasteiger partial charge in [0.1, 0.15) is 0 Å². The second kappa shape index (κ2) is 1.73. The lowest BCUT2D eigenvalue weighted by molar-refractivity contribution is 0.153. The molecule has 3 rings (SSSR count). The Balaban J connectivity index is 2.03. The summed E-state index contributed by atoms with van der Waals surface area (Å²) in [6.07, 6.45) is 4.27. The molecule has 0 aromatic heterocycles. The fraction of sp³-hybridized carbons (Fsp3) is 0.857. The molecule has 0 aromatic rings. The average molecular weight is 110 g/mol. The van der Waals surface area contributed by atoms with Crippen molar-refractivity contribution < 1.29 is 0 Å². The highest BCUT2D eigenvalue weighted by Crippen LogP contribution is 2.28. The van der Waals surface area contributed by atoms with Crippen LogP contribution in [-0.4, -0.2) is 18.0 Å². The van der Waals surface area contributed by atoms with Crippen LogP contribution in [0, 0.1) is 12.5 Å². The van der Waals surface area contributed by atoms with E-state index < -0.39 is 0 Å². The molecule has 0 aliphatic carbocycles. The zero-order valence-corrected chi connectivity index (χ0v) is 5.14. The van der Waals surface area contributed by atoms with Crippen molar-refractivity contribution in [2.75, 3.05) is 13.1 Å². The van der Waals surface area contributed by atoms with Crippen molar-refractivity contribution >= 4 is 0 Å². The van der Waals surface area contributed by atoms with Gasteiger partial charge in [-0.25, -0.2) is 0 Å². The maximum Gasteiger partial charge on any atom is 0.0254 e. The highest BCUT2D eigenvalue weighted by Gasteiger charge is 2.24. The van der Waals surface area contributed by atoms with Crippen LogP contribution in [0.2, 0.25) is 0 Å². The van der Waals surface area contributed by atoms with Gasteiger partial charge in [0.25, 0.3) is 0 Å². The minimum Gasteiger partial charge on any atom is -0.299 e. The molecule has 0 spiro atoms. The SMILES string of the molecule is [CH]1CC2CCN1CC2. The molecule has 45 valence electrons. The molecule has 1 nitrogen and oxygen atoms in total. The van der Waals surface area contributed by atoms with Crippen molar-refractivity contribution in [2.45, 2.75) is 19.3 Å². The first-order chi connectivity index (χ1) is 3.95. The van der Waals surface area contributed by atoms with Gasteiger partial charge in [-0.15, -0.1) is 0 Å². The maximum atomic E-state index is 2.46. The predicted octanol–water partition coefficient (Wildman–Crippen LogP) is 1.26. The first-order valence-electron chi connectivity index (χ1n) is 3.52. The van der Waals surface area contributed by atoms with Gasteiger partial charge in [0.2, 0.25) is 0 Å². The molecule has 3 fully saturated rings. The van der Waals surface area contributed by atoms with E-state index >= 15 is 0 Å². The topological polar surface area (TPSA) is 3.24 Å². The molecular weight excluding hydrogens is 98.1 g/mol. The summed E-state index contributed by atoms with van der Waals surface area (Å²) in [7, 11) is 0. The number of rotatable bonds is 0. The Morgan fingerprint density at radius 2 is 2.00 bits per heavy atom. The Kier molecular flexibility index (Phi) is 1.04. The monoisotopic (exact) mass is 110 g/mol. The van der Waals surface area contributed by atoms with Gasteiger partial charge >= 0.3 is 0 Å². The van der Waals surface area contributed by atoms with Crippen molar-refractivity contribution in [1.29, 1.82) is 0 Å². The average Bonchev–Trinajstić information content (AvgIpc) is 1.92. The summed E-state index contributed by atoms with van der Waals surface area (Å²) >= 11 is 0. The third kappa shape index (κ3) is 0.655. The lowest BCUT2D eigenvalue weighted by Crippen LogP contribution is -2.37. The summed E-state index contributed by atoms with van der Waals surface area (Å²) in [5.74, 6) is 1.06. The van der Waals surface area contributed by atoms with Gasteiger partial charge in [-0.2, -0.15) is 0 Å². The zero-order chi connectivity index (χ0) is 5.40. The fourth-order valence-corrected chi connectivity index (χ4v) is 1.67. The second-order valence-corrected chi connectivity index (χ2v) is 2.90. The molecule has 0 atom stereocenters. The van der Waals surface area contributed by atoms with Gasteiger partial charge in [0.15, 0.2) is 0 Å². The molecule has 0 amide bonds. The van der Waals surface area contributed by atoms with Crippen LogP contribution in [0.4, 0.5) is 0 Å². The quantitative estimate of drug-likeness (QED) is 0.454.